The van der Waals surface area contributed by atoms with Crippen molar-refractivity contribution in [1.82, 2.24) is 4.90 Å². The van der Waals surface area contributed by atoms with E-state index in [0.29, 0.717) is 25.1 Å². The van der Waals surface area contributed by atoms with E-state index < -0.39 is 12.0 Å². The number of carboxylic acid groups (broad SMARTS) is 1. The zero-order chi connectivity index (χ0) is 25.4. The summed E-state index contributed by atoms with van der Waals surface area (Å²) in [5.41, 5.74) is 5.75. The second-order valence-electron chi connectivity index (χ2n) is 9.51. The molecule has 0 radical (unpaired) electrons. The van der Waals surface area contributed by atoms with E-state index in [1.54, 1.807) is 29.2 Å². The number of rotatable bonds is 6. The van der Waals surface area contributed by atoms with E-state index in [1.165, 1.54) is 6.92 Å². The number of aromatic hydroxyl groups is 1. The van der Waals surface area contributed by atoms with Crippen molar-refractivity contribution in [3.63, 3.8) is 0 Å². The van der Waals surface area contributed by atoms with Crippen LogP contribution in [-0.4, -0.2) is 45.5 Å². The van der Waals surface area contributed by atoms with Crippen LogP contribution in [0.1, 0.15) is 54.7 Å². The third-order valence-corrected chi connectivity index (χ3v) is 7.36. The molecule has 1 aliphatic carbocycles. The lowest BCUT2D eigenvalue weighted by atomic mass is 9.90. The fraction of sp³-hybridized carbons (Fsp3) is 0.276. The van der Waals surface area contributed by atoms with Crippen molar-refractivity contribution in [2.24, 2.45) is 0 Å². The Hall–Kier alpha value is -4.13. The summed E-state index contributed by atoms with van der Waals surface area (Å²) in [4.78, 5) is 38.8. The number of nitrogens with one attached hydrogen (secondary N) is 1. The van der Waals surface area contributed by atoms with Crippen molar-refractivity contribution >= 4 is 23.5 Å². The maximum Gasteiger partial charge on any atom is 0.303 e. The van der Waals surface area contributed by atoms with Gasteiger partial charge >= 0.3 is 5.97 Å². The van der Waals surface area contributed by atoms with Crippen molar-refractivity contribution in [2.45, 2.75) is 44.1 Å². The van der Waals surface area contributed by atoms with Crippen LogP contribution in [0.3, 0.4) is 0 Å². The van der Waals surface area contributed by atoms with Crippen LogP contribution in [-0.2, 0) is 14.4 Å². The molecule has 3 aromatic rings. The van der Waals surface area contributed by atoms with Crippen LogP contribution in [0.5, 0.6) is 5.75 Å². The fourth-order valence-electron chi connectivity index (χ4n) is 5.72. The van der Waals surface area contributed by atoms with E-state index in [-0.39, 0.29) is 35.8 Å². The van der Waals surface area contributed by atoms with Crippen LogP contribution in [0, 0.1) is 0 Å². The van der Waals surface area contributed by atoms with Crippen molar-refractivity contribution < 1.29 is 24.6 Å². The second-order valence-corrected chi connectivity index (χ2v) is 9.51. The normalized spacial score (nSPS) is 20.0. The highest BCUT2D eigenvalue weighted by Gasteiger charge is 2.41. The third-order valence-electron chi connectivity index (χ3n) is 7.36. The molecule has 36 heavy (non-hydrogen) atoms. The first-order chi connectivity index (χ1) is 17.3. The first-order valence-corrected chi connectivity index (χ1v) is 12.2. The molecule has 3 atom stereocenters. The first-order valence-electron chi connectivity index (χ1n) is 12.2. The quantitative estimate of drug-likeness (QED) is 0.470. The number of phenolic OH excluding ortho intramolecular Hbond substituents is 1. The topological polar surface area (TPSA) is 107 Å². The van der Waals surface area contributed by atoms with Crippen LogP contribution < -0.4 is 5.32 Å². The maximum absolute atomic E-state index is 13.6. The summed E-state index contributed by atoms with van der Waals surface area (Å²) in [7, 11) is 0. The van der Waals surface area contributed by atoms with Crippen molar-refractivity contribution in [3.8, 4) is 16.9 Å². The zero-order valence-electron chi connectivity index (χ0n) is 20.0. The van der Waals surface area contributed by atoms with Gasteiger partial charge in [-0.05, 0) is 64.9 Å². The van der Waals surface area contributed by atoms with Gasteiger partial charge in [0, 0.05) is 37.4 Å². The van der Waals surface area contributed by atoms with E-state index in [0.717, 1.165) is 27.8 Å². The van der Waals surface area contributed by atoms with Gasteiger partial charge in [0.1, 0.15) is 11.8 Å². The van der Waals surface area contributed by atoms with Crippen molar-refractivity contribution in [1.29, 1.82) is 0 Å². The lowest BCUT2D eigenvalue weighted by Gasteiger charge is -2.27. The predicted octanol–water partition coefficient (Wildman–Crippen LogP) is 4.71. The Balaban J connectivity index is 1.43. The van der Waals surface area contributed by atoms with Gasteiger partial charge in [-0.15, -0.1) is 0 Å². The number of carboxylic acids is 1. The van der Waals surface area contributed by atoms with Gasteiger partial charge < -0.3 is 20.4 Å². The number of likely N-dealkylation sites (tertiary alicyclic amines) is 1. The van der Waals surface area contributed by atoms with E-state index >= 15 is 0 Å². The smallest absolute Gasteiger partial charge is 0.303 e. The Kier molecular flexibility index (Phi) is 6.22. The molecule has 2 unspecified atom stereocenters. The predicted molar refractivity (Wildman–Crippen MR) is 136 cm³/mol. The van der Waals surface area contributed by atoms with Crippen LogP contribution in [0.2, 0.25) is 0 Å². The summed E-state index contributed by atoms with van der Waals surface area (Å²) >= 11 is 0. The highest BCUT2D eigenvalue weighted by molar-refractivity contribution is 5.98. The maximum atomic E-state index is 13.6. The average Bonchev–Trinajstić information content (AvgIpc) is 3.43. The summed E-state index contributed by atoms with van der Waals surface area (Å²) in [5.74, 6) is -1.35. The Morgan fingerprint density at radius 2 is 1.69 bits per heavy atom. The number of fused-ring (bicyclic) bond motifs is 3. The molecule has 0 aromatic heterocycles. The number of carbonyl (C=O) groups excluding carboxylic acids is 2. The fourth-order valence-corrected chi connectivity index (χ4v) is 5.72. The minimum Gasteiger partial charge on any atom is -0.508 e. The Bertz CT molecular complexity index is 1330. The molecule has 1 heterocycles. The van der Waals surface area contributed by atoms with E-state index in [9.17, 15) is 24.6 Å². The van der Waals surface area contributed by atoms with Gasteiger partial charge in [0.2, 0.25) is 11.8 Å². The number of carbonyl (C=O) groups is 3. The van der Waals surface area contributed by atoms with Gasteiger partial charge in [0.05, 0.1) is 0 Å². The molecule has 7 heteroatoms. The summed E-state index contributed by atoms with van der Waals surface area (Å²) in [6.07, 6.45) is 1.18. The molecule has 2 aliphatic rings. The van der Waals surface area contributed by atoms with Crippen LogP contribution in [0.4, 0.5) is 5.69 Å². The van der Waals surface area contributed by atoms with Gasteiger partial charge in [-0.1, -0.05) is 42.5 Å². The number of amides is 2. The molecule has 0 saturated carbocycles. The van der Waals surface area contributed by atoms with Crippen LogP contribution >= 0.6 is 0 Å². The van der Waals surface area contributed by atoms with Crippen LogP contribution in [0.25, 0.3) is 11.1 Å². The molecular weight excluding hydrogens is 456 g/mol. The number of benzene rings is 3. The molecule has 3 N–H and O–H groups in total. The summed E-state index contributed by atoms with van der Waals surface area (Å²) in [6, 6.07) is 19.9. The van der Waals surface area contributed by atoms with E-state index in [2.05, 4.69) is 5.32 Å². The lowest BCUT2D eigenvalue weighted by Crippen LogP contribution is -2.44. The Morgan fingerprint density at radius 1 is 0.972 bits per heavy atom. The molecule has 5 rings (SSSR count). The van der Waals surface area contributed by atoms with Gasteiger partial charge in [-0.2, -0.15) is 0 Å². The SMILES string of the molecule is CC(=O)N1CCC(c2ccc(O)cc2)[C@H]1C(=O)Nc1ccc2c(c1)C(CCC(=O)O)c1ccccc1-2. The molecule has 1 fully saturated rings. The summed E-state index contributed by atoms with van der Waals surface area (Å²) < 4.78 is 0. The first kappa shape index (κ1) is 23.6. The minimum absolute atomic E-state index is 0.0545. The zero-order valence-corrected chi connectivity index (χ0v) is 20.0. The molecule has 7 nitrogen and oxygen atoms in total. The molecule has 1 aliphatic heterocycles. The highest BCUT2D eigenvalue weighted by Crippen LogP contribution is 2.47. The third kappa shape index (κ3) is 4.33. The lowest BCUT2D eigenvalue weighted by molar-refractivity contribution is -0.137. The molecule has 0 bridgehead atoms. The van der Waals surface area contributed by atoms with Gasteiger partial charge in [-0.3, -0.25) is 14.4 Å². The van der Waals surface area contributed by atoms with E-state index in [4.69, 9.17) is 0 Å². The number of anilines is 1. The molecule has 184 valence electrons. The molecular formula is C29H28N2O5. The molecule has 0 spiro atoms. The number of phenols is 1. The van der Waals surface area contributed by atoms with E-state index in [1.807, 2.05) is 42.5 Å². The standard InChI is InChI=1S/C29H28N2O5/c1-17(32)31-15-14-21(18-6-9-20(33)10-7-18)28(31)29(36)30-19-8-11-24-22-4-2-3-5-23(22)25(26(24)16-19)12-13-27(34)35/h2-11,16,21,25,28,33H,12-15H2,1H3,(H,30,36)(H,34,35)/t21?,25?,28-/m0/s1. The highest BCUT2D eigenvalue weighted by atomic mass is 16.4. The summed E-state index contributed by atoms with van der Waals surface area (Å²) in [5, 5.41) is 22.0. The monoisotopic (exact) mass is 484 g/mol. The molecule has 2 amide bonds. The van der Waals surface area contributed by atoms with Gasteiger partial charge in [-0.25, -0.2) is 0 Å². The Morgan fingerprint density at radius 3 is 2.42 bits per heavy atom. The molecule has 3 aromatic carbocycles. The summed E-state index contributed by atoms with van der Waals surface area (Å²) in [6.45, 7) is 1.95. The van der Waals surface area contributed by atoms with Crippen molar-refractivity contribution in [2.75, 3.05) is 11.9 Å². The average molecular weight is 485 g/mol. The Labute approximate surface area is 209 Å². The van der Waals surface area contributed by atoms with Crippen molar-refractivity contribution in [3.05, 3.63) is 83.4 Å². The number of hydrogen-bond donors (Lipinski definition) is 3. The number of nitrogens with zero attached hydrogens (tertiary/aromatic N) is 1. The largest absolute Gasteiger partial charge is 0.508 e. The minimum atomic E-state index is -0.837. The van der Waals surface area contributed by atoms with Gasteiger partial charge in [0.15, 0.2) is 0 Å². The number of aliphatic carboxylic acids is 1. The molecule has 1 saturated heterocycles. The number of hydrogen-bond acceptors (Lipinski definition) is 4. The van der Waals surface area contributed by atoms with Gasteiger partial charge in [0.25, 0.3) is 0 Å². The van der Waals surface area contributed by atoms with Crippen LogP contribution in [0.15, 0.2) is 66.7 Å². The second kappa shape index (κ2) is 9.49.